The van der Waals surface area contributed by atoms with E-state index in [4.69, 9.17) is 0 Å². The number of rotatable bonds is 3. The summed E-state index contributed by atoms with van der Waals surface area (Å²) < 4.78 is 39.9. The number of fused-ring (bicyclic) bond motifs is 1. The zero-order valence-electron chi connectivity index (χ0n) is 13.3. The summed E-state index contributed by atoms with van der Waals surface area (Å²) in [4.78, 5) is 16.0. The van der Waals surface area contributed by atoms with Crippen molar-refractivity contribution in [1.82, 2.24) is 4.98 Å². The number of para-hydroxylation sites is 1. The minimum Gasteiger partial charge on any atom is -0.478 e. The van der Waals surface area contributed by atoms with E-state index >= 15 is 0 Å². The van der Waals surface area contributed by atoms with Gasteiger partial charge in [-0.2, -0.15) is 13.2 Å². The molecule has 2 aromatic carbocycles. The number of carbonyl (C=O) groups is 1. The summed E-state index contributed by atoms with van der Waals surface area (Å²) in [5.74, 6) is -1.20. The minimum absolute atomic E-state index is 0.00118. The predicted molar refractivity (Wildman–Crippen MR) is 88.5 cm³/mol. The zero-order valence-corrected chi connectivity index (χ0v) is 13.3. The lowest BCUT2D eigenvalue weighted by Gasteiger charge is -2.14. The molecule has 0 saturated carbocycles. The van der Waals surface area contributed by atoms with Crippen LogP contribution in [0.1, 0.15) is 28.4 Å². The summed E-state index contributed by atoms with van der Waals surface area (Å²) in [6, 6.07) is 11.4. The highest BCUT2D eigenvalue weighted by atomic mass is 19.4. The summed E-state index contributed by atoms with van der Waals surface area (Å²) in [5, 5.41) is 9.91. The van der Waals surface area contributed by atoms with E-state index < -0.39 is 17.7 Å². The normalized spacial score (nSPS) is 11.7. The van der Waals surface area contributed by atoms with Gasteiger partial charge in [0.05, 0.1) is 22.3 Å². The van der Waals surface area contributed by atoms with Gasteiger partial charge in [0.2, 0.25) is 0 Å². The molecular weight excluding hydrogens is 331 g/mol. The van der Waals surface area contributed by atoms with Crippen molar-refractivity contribution in [2.45, 2.75) is 19.5 Å². The van der Waals surface area contributed by atoms with E-state index in [1.807, 2.05) is 6.92 Å². The molecule has 0 aliphatic rings. The molecule has 3 aromatic rings. The Balaban J connectivity index is 2.38. The third-order valence-electron chi connectivity index (χ3n) is 4.04. The molecule has 25 heavy (non-hydrogen) atoms. The maximum absolute atomic E-state index is 13.3. The van der Waals surface area contributed by atoms with Crippen molar-refractivity contribution >= 4 is 16.9 Å². The number of pyridine rings is 1. The number of carboxylic acids is 1. The molecule has 3 rings (SSSR count). The van der Waals surface area contributed by atoms with Gasteiger partial charge in [-0.3, -0.25) is 0 Å². The van der Waals surface area contributed by atoms with Crippen LogP contribution in [0.4, 0.5) is 13.2 Å². The van der Waals surface area contributed by atoms with E-state index in [0.717, 1.165) is 11.6 Å². The third kappa shape index (κ3) is 3.07. The molecule has 0 bridgehead atoms. The molecule has 0 aliphatic carbocycles. The maximum Gasteiger partial charge on any atom is 0.417 e. The fourth-order valence-electron chi connectivity index (χ4n) is 2.86. The van der Waals surface area contributed by atoms with Crippen molar-refractivity contribution in [3.8, 4) is 11.3 Å². The molecule has 128 valence electrons. The number of aryl methyl sites for hydroxylation is 1. The molecule has 0 amide bonds. The Hall–Kier alpha value is -2.89. The van der Waals surface area contributed by atoms with Crippen LogP contribution in [0.25, 0.3) is 22.2 Å². The van der Waals surface area contributed by atoms with Crippen LogP contribution in [0.2, 0.25) is 0 Å². The Labute approximate surface area is 141 Å². The molecule has 3 nitrogen and oxygen atoms in total. The second kappa shape index (κ2) is 6.20. The van der Waals surface area contributed by atoms with E-state index in [2.05, 4.69) is 4.98 Å². The van der Waals surface area contributed by atoms with Crippen LogP contribution in [-0.2, 0) is 12.6 Å². The number of hydrogen-bond acceptors (Lipinski definition) is 2. The molecule has 1 N–H and O–H groups in total. The number of carboxylic acid groups (broad SMARTS) is 1. The molecule has 6 heteroatoms. The first-order valence-corrected chi connectivity index (χ1v) is 7.65. The van der Waals surface area contributed by atoms with Crippen LogP contribution in [0.5, 0.6) is 0 Å². The van der Waals surface area contributed by atoms with Crippen LogP contribution in [0, 0.1) is 0 Å². The smallest absolute Gasteiger partial charge is 0.417 e. The molecular formula is C19H14F3NO2. The van der Waals surface area contributed by atoms with Crippen molar-refractivity contribution in [1.29, 1.82) is 0 Å². The monoisotopic (exact) mass is 345 g/mol. The van der Waals surface area contributed by atoms with Gasteiger partial charge in [-0.1, -0.05) is 43.3 Å². The fourth-order valence-corrected chi connectivity index (χ4v) is 2.86. The number of alkyl halides is 3. The summed E-state index contributed by atoms with van der Waals surface area (Å²) >= 11 is 0. The van der Waals surface area contributed by atoms with Crippen molar-refractivity contribution in [2.75, 3.05) is 0 Å². The predicted octanol–water partition coefficient (Wildman–Crippen LogP) is 5.18. The van der Waals surface area contributed by atoms with E-state index in [-0.39, 0.29) is 16.8 Å². The number of aromatic carboxylic acids is 1. The van der Waals surface area contributed by atoms with Gasteiger partial charge >= 0.3 is 12.1 Å². The first-order valence-electron chi connectivity index (χ1n) is 7.65. The largest absolute Gasteiger partial charge is 0.478 e. The molecule has 0 spiro atoms. The topological polar surface area (TPSA) is 50.2 Å². The lowest BCUT2D eigenvalue weighted by molar-refractivity contribution is -0.137. The van der Waals surface area contributed by atoms with Crippen LogP contribution in [0.15, 0.2) is 48.5 Å². The van der Waals surface area contributed by atoms with Crippen molar-refractivity contribution in [2.24, 2.45) is 0 Å². The van der Waals surface area contributed by atoms with Gasteiger partial charge in [-0.15, -0.1) is 0 Å². The van der Waals surface area contributed by atoms with E-state index in [1.165, 1.54) is 24.3 Å². The van der Waals surface area contributed by atoms with E-state index in [0.29, 0.717) is 17.3 Å². The number of hydrogen-bond donors (Lipinski definition) is 1. The Morgan fingerprint density at radius 1 is 1.12 bits per heavy atom. The number of halogens is 3. The molecule has 0 fully saturated rings. The molecule has 0 atom stereocenters. The quantitative estimate of drug-likeness (QED) is 0.711. The van der Waals surface area contributed by atoms with Gasteiger partial charge in [-0.25, -0.2) is 9.78 Å². The minimum atomic E-state index is -4.55. The summed E-state index contributed by atoms with van der Waals surface area (Å²) in [5.41, 5.74) is 0.159. The average molecular weight is 345 g/mol. The van der Waals surface area contributed by atoms with E-state index in [9.17, 15) is 23.1 Å². The summed E-state index contributed by atoms with van der Waals surface area (Å²) in [7, 11) is 0. The maximum atomic E-state index is 13.3. The highest BCUT2D eigenvalue weighted by Gasteiger charge is 2.34. The fraction of sp³-hybridized carbons (Fsp3) is 0.158. The second-order valence-electron chi connectivity index (χ2n) is 5.57. The van der Waals surface area contributed by atoms with Crippen LogP contribution in [-0.4, -0.2) is 16.1 Å². The summed E-state index contributed by atoms with van der Waals surface area (Å²) in [6.07, 6.45) is -3.96. The highest BCUT2D eigenvalue weighted by molar-refractivity contribution is 6.04. The van der Waals surface area contributed by atoms with Crippen LogP contribution < -0.4 is 0 Å². The first-order chi connectivity index (χ1) is 11.8. The Morgan fingerprint density at radius 2 is 1.84 bits per heavy atom. The zero-order chi connectivity index (χ0) is 18.2. The second-order valence-corrected chi connectivity index (χ2v) is 5.57. The van der Waals surface area contributed by atoms with Crippen LogP contribution >= 0.6 is 0 Å². The lowest BCUT2D eigenvalue weighted by atomic mass is 9.98. The third-order valence-corrected chi connectivity index (χ3v) is 4.04. The average Bonchev–Trinajstić information content (AvgIpc) is 2.59. The standard InChI is InChI=1S/C19H14F3NO2/c1-2-11-6-5-8-12-14(18(24)25)10-16(23-17(11)12)13-7-3-4-9-15(13)19(20,21)22/h3-10H,2H2,1H3,(H,24,25). The SMILES string of the molecule is CCc1cccc2c(C(=O)O)cc(-c3ccccc3C(F)(F)F)nc12. The molecule has 0 radical (unpaired) electrons. The Bertz CT molecular complexity index is 965. The lowest BCUT2D eigenvalue weighted by Crippen LogP contribution is -2.08. The molecule has 1 heterocycles. The number of nitrogens with zero attached hydrogens (tertiary/aromatic N) is 1. The molecule has 0 saturated heterocycles. The van der Waals surface area contributed by atoms with Gasteiger partial charge in [0.15, 0.2) is 0 Å². The Morgan fingerprint density at radius 3 is 2.48 bits per heavy atom. The molecule has 0 aliphatic heterocycles. The van der Waals surface area contributed by atoms with Gasteiger partial charge in [0.1, 0.15) is 0 Å². The molecule has 0 unspecified atom stereocenters. The van der Waals surface area contributed by atoms with Crippen LogP contribution in [0.3, 0.4) is 0 Å². The summed E-state index contributed by atoms with van der Waals surface area (Å²) in [6.45, 7) is 1.88. The van der Waals surface area contributed by atoms with Gasteiger partial charge in [0.25, 0.3) is 0 Å². The first kappa shape index (κ1) is 17.0. The Kier molecular flexibility index (Phi) is 4.20. The number of aromatic nitrogens is 1. The van der Waals surface area contributed by atoms with E-state index in [1.54, 1.807) is 18.2 Å². The molecule has 1 aromatic heterocycles. The van der Waals surface area contributed by atoms with Gasteiger partial charge < -0.3 is 5.11 Å². The van der Waals surface area contributed by atoms with Crippen molar-refractivity contribution in [3.63, 3.8) is 0 Å². The van der Waals surface area contributed by atoms with Crippen molar-refractivity contribution < 1.29 is 23.1 Å². The van der Waals surface area contributed by atoms with Crippen molar-refractivity contribution in [3.05, 3.63) is 65.2 Å². The van der Waals surface area contributed by atoms with Gasteiger partial charge in [0, 0.05) is 10.9 Å². The highest BCUT2D eigenvalue weighted by Crippen LogP contribution is 2.37. The number of benzene rings is 2. The van der Waals surface area contributed by atoms with Gasteiger partial charge in [-0.05, 0) is 24.1 Å².